The van der Waals surface area contributed by atoms with E-state index in [2.05, 4.69) is 33.2 Å². The third kappa shape index (κ3) is 7.46. The molecule has 7 heteroatoms. The molecular formula is C20H33N5O2. The van der Waals surface area contributed by atoms with E-state index in [0.29, 0.717) is 6.54 Å². The molecule has 1 aromatic carbocycles. The number of guanidine groups is 1. The highest BCUT2D eigenvalue weighted by Crippen LogP contribution is 2.23. The number of aliphatic imine (C=N–C) groups is 1. The summed E-state index contributed by atoms with van der Waals surface area (Å²) in [6.45, 7) is 11.0. The van der Waals surface area contributed by atoms with Crippen LogP contribution in [-0.2, 0) is 11.3 Å². The topological polar surface area (TPSA) is 86.8 Å². The number of anilines is 1. The van der Waals surface area contributed by atoms with Crippen LogP contribution >= 0.6 is 0 Å². The summed E-state index contributed by atoms with van der Waals surface area (Å²) < 4.78 is 5.82. The average molecular weight is 376 g/mol. The number of nitrogens with one attached hydrogen (secondary N) is 4. The lowest BCUT2D eigenvalue weighted by Gasteiger charge is -2.24. The minimum atomic E-state index is -0.197. The van der Waals surface area contributed by atoms with Crippen molar-refractivity contribution in [2.24, 2.45) is 4.99 Å². The normalized spacial score (nSPS) is 19.8. The molecule has 0 spiro atoms. The molecule has 1 fully saturated rings. The zero-order valence-corrected chi connectivity index (χ0v) is 16.9. The molecule has 150 valence electrons. The van der Waals surface area contributed by atoms with Crippen LogP contribution in [0.15, 0.2) is 29.3 Å². The largest absolute Gasteiger partial charge is 0.373 e. The predicted molar refractivity (Wildman–Crippen MR) is 110 cm³/mol. The molecule has 4 N–H and O–H groups in total. The van der Waals surface area contributed by atoms with Crippen LogP contribution in [0.4, 0.5) is 10.5 Å². The van der Waals surface area contributed by atoms with Crippen molar-refractivity contribution < 1.29 is 9.53 Å². The van der Waals surface area contributed by atoms with Crippen LogP contribution in [0.2, 0.25) is 0 Å². The van der Waals surface area contributed by atoms with E-state index in [-0.39, 0.29) is 17.7 Å². The van der Waals surface area contributed by atoms with Gasteiger partial charge in [-0.3, -0.25) is 0 Å². The van der Waals surface area contributed by atoms with Crippen molar-refractivity contribution in [2.45, 2.75) is 58.7 Å². The second-order valence-electron chi connectivity index (χ2n) is 7.40. The first kappa shape index (κ1) is 21.0. The molecule has 0 bridgehead atoms. The summed E-state index contributed by atoms with van der Waals surface area (Å²) in [7, 11) is 0. The first-order valence-electron chi connectivity index (χ1n) is 9.73. The number of carbonyl (C=O) groups excluding carboxylic acids is 1. The number of hydrogen-bond donors (Lipinski definition) is 4. The van der Waals surface area contributed by atoms with Crippen LogP contribution in [0.1, 0.15) is 46.1 Å². The number of carbonyl (C=O) groups is 1. The Balaban J connectivity index is 1.88. The molecule has 0 saturated carbocycles. The Bertz CT molecular complexity index is 622. The van der Waals surface area contributed by atoms with Crippen molar-refractivity contribution in [1.29, 1.82) is 0 Å². The first-order valence-corrected chi connectivity index (χ1v) is 9.73. The van der Waals surface area contributed by atoms with Crippen molar-refractivity contribution in [3.63, 3.8) is 0 Å². The molecule has 1 unspecified atom stereocenters. The zero-order valence-electron chi connectivity index (χ0n) is 16.9. The minimum absolute atomic E-state index is 0.104. The maximum absolute atomic E-state index is 11.7. The second kappa shape index (κ2) is 10.2. The van der Waals surface area contributed by atoms with E-state index < -0.39 is 0 Å². The zero-order chi connectivity index (χ0) is 19.7. The van der Waals surface area contributed by atoms with Crippen LogP contribution in [0.3, 0.4) is 0 Å². The van der Waals surface area contributed by atoms with Gasteiger partial charge in [0, 0.05) is 31.4 Å². The molecule has 1 atom stereocenters. The number of ether oxygens (including phenoxy) is 1. The van der Waals surface area contributed by atoms with Gasteiger partial charge in [0.25, 0.3) is 0 Å². The Hall–Kier alpha value is -2.28. The second-order valence-corrected chi connectivity index (χ2v) is 7.40. The summed E-state index contributed by atoms with van der Waals surface area (Å²) in [5, 5.41) is 12.3. The van der Waals surface area contributed by atoms with E-state index in [1.54, 1.807) is 0 Å². The maximum atomic E-state index is 11.7. The van der Waals surface area contributed by atoms with Crippen molar-refractivity contribution >= 4 is 17.7 Å². The summed E-state index contributed by atoms with van der Waals surface area (Å²) >= 11 is 0. The molecule has 0 aromatic heterocycles. The van der Waals surface area contributed by atoms with E-state index in [9.17, 15) is 4.79 Å². The number of hydrogen-bond acceptors (Lipinski definition) is 3. The fourth-order valence-corrected chi connectivity index (χ4v) is 2.88. The quantitative estimate of drug-likeness (QED) is 0.436. The summed E-state index contributed by atoms with van der Waals surface area (Å²) in [4.78, 5) is 16.4. The summed E-state index contributed by atoms with van der Waals surface area (Å²) in [6, 6.07) is 7.63. The summed E-state index contributed by atoms with van der Waals surface area (Å²) in [5.41, 5.74) is 1.72. The van der Waals surface area contributed by atoms with Gasteiger partial charge < -0.3 is 26.0 Å². The highest BCUT2D eigenvalue weighted by molar-refractivity contribution is 5.89. The van der Waals surface area contributed by atoms with Gasteiger partial charge in [-0.05, 0) is 58.2 Å². The van der Waals surface area contributed by atoms with Gasteiger partial charge in [0.1, 0.15) is 0 Å². The molecule has 2 rings (SSSR count). The van der Waals surface area contributed by atoms with Gasteiger partial charge in [-0.25, -0.2) is 9.79 Å². The fourth-order valence-electron chi connectivity index (χ4n) is 2.88. The van der Waals surface area contributed by atoms with Crippen LogP contribution < -0.4 is 21.3 Å². The Morgan fingerprint density at radius 1 is 1.26 bits per heavy atom. The van der Waals surface area contributed by atoms with Gasteiger partial charge in [0.05, 0.1) is 12.1 Å². The lowest BCUT2D eigenvalue weighted by molar-refractivity contribution is 0.0243. The van der Waals surface area contributed by atoms with Crippen molar-refractivity contribution in [3.8, 4) is 0 Å². The number of rotatable bonds is 7. The first-order chi connectivity index (χ1) is 12.9. The van der Waals surface area contributed by atoms with Crippen LogP contribution in [0, 0.1) is 0 Å². The minimum Gasteiger partial charge on any atom is -0.373 e. The Morgan fingerprint density at radius 2 is 2.00 bits per heavy atom. The highest BCUT2D eigenvalue weighted by atomic mass is 16.5. The molecule has 1 heterocycles. The van der Waals surface area contributed by atoms with E-state index in [4.69, 9.17) is 4.74 Å². The lowest BCUT2D eigenvalue weighted by Crippen LogP contribution is -2.45. The highest BCUT2D eigenvalue weighted by Gasteiger charge is 2.29. The van der Waals surface area contributed by atoms with Crippen molar-refractivity contribution in [3.05, 3.63) is 29.8 Å². The smallest absolute Gasteiger partial charge is 0.319 e. The molecule has 1 saturated heterocycles. The number of amides is 2. The van der Waals surface area contributed by atoms with E-state index >= 15 is 0 Å². The Morgan fingerprint density at radius 3 is 2.59 bits per heavy atom. The van der Waals surface area contributed by atoms with Crippen LogP contribution in [0.25, 0.3) is 0 Å². The van der Waals surface area contributed by atoms with Gasteiger partial charge in [-0.15, -0.1) is 0 Å². The predicted octanol–water partition coefficient (Wildman–Crippen LogP) is 2.84. The molecule has 1 aliphatic rings. The van der Waals surface area contributed by atoms with E-state index in [1.165, 1.54) is 0 Å². The molecule has 7 nitrogen and oxygen atoms in total. The van der Waals surface area contributed by atoms with Crippen molar-refractivity contribution in [2.75, 3.05) is 25.0 Å². The van der Waals surface area contributed by atoms with Gasteiger partial charge >= 0.3 is 6.03 Å². The average Bonchev–Trinajstić information content (AvgIpc) is 3.05. The summed E-state index contributed by atoms with van der Waals surface area (Å²) in [5.74, 6) is 0.785. The molecule has 2 amide bonds. The lowest BCUT2D eigenvalue weighted by atomic mass is 10.0. The SMILES string of the molecule is CCNC(=NCc1ccc(NC(=O)NC(C)C)cc1)NCC1(C)CCCO1. The van der Waals surface area contributed by atoms with Gasteiger partial charge in [-0.2, -0.15) is 0 Å². The van der Waals surface area contributed by atoms with Crippen LogP contribution in [0.5, 0.6) is 0 Å². The third-order valence-corrected chi connectivity index (χ3v) is 4.33. The van der Waals surface area contributed by atoms with Gasteiger partial charge in [-0.1, -0.05) is 12.1 Å². The third-order valence-electron chi connectivity index (χ3n) is 4.33. The molecule has 0 radical (unpaired) electrons. The number of benzene rings is 1. The Labute approximate surface area is 162 Å². The fraction of sp³-hybridized carbons (Fsp3) is 0.600. The maximum Gasteiger partial charge on any atom is 0.319 e. The van der Waals surface area contributed by atoms with E-state index in [0.717, 1.165) is 49.7 Å². The van der Waals surface area contributed by atoms with Crippen molar-refractivity contribution in [1.82, 2.24) is 16.0 Å². The van der Waals surface area contributed by atoms with Gasteiger partial charge in [0.2, 0.25) is 0 Å². The molecule has 1 aromatic rings. The summed E-state index contributed by atoms with van der Waals surface area (Å²) in [6.07, 6.45) is 2.18. The Kier molecular flexibility index (Phi) is 7.91. The van der Waals surface area contributed by atoms with E-state index in [1.807, 2.05) is 45.0 Å². The van der Waals surface area contributed by atoms with Crippen LogP contribution in [-0.4, -0.2) is 43.3 Å². The standard InChI is InChI=1S/C20H33N5O2/c1-5-21-18(23-14-20(4)11-6-12-27-20)22-13-16-7-9-17(10-8-16)25-19(26)24-15(2)3/h7-10,15H,5-6,11-14H2,1-4H3,(H2,21,22,23)(H2,24,25,26). The number of urea groups is 1. The number of nitrogens with zero attached hydrogens (tertiary/aromatic N) is 1. The molecule has 27 heavy (non-hydrogen) atoms. The molecule has 0 aliphatic carbocycles. The van der Waals surface area contributed by atoms with Gasteiger partial charge in [0.15, 0.2) is 5.96 Å². The molecular weight excluding hydrogens is 342 g/mol. The molecule has 1 aliphatic heterocycles. The monoisotopic (exact) mass is 375 g/mol.